The third-order valence-corrected chi connectivity index (χ3v) is 73.3. The number of para-hydroxylation sites is 1. The van der Waals surface area contributed by atoms with Gasteiger partial charge in [-0.15, -0.1) is 24.8 Å². The molecule has 0 atom stereocenters. The Balaban J connectivity index is 0.00000169. The number of benzene rings is 1. The first-order chi connectivity index (χ1) is 10.3. The van der Waals surface area contributed by atoms with E-state index in [2.05, 4.69) is 98.0 Å². The van der Waals surface area contributed by atoms with Crippen molar-refractivity contribution in [3.05, 3.63) is 52.4 Å². The van der Waals surface area contributed by atoms with Crippen molar-refractivity contribution in [2.75, 3.05) is 0 Å². The Labute approximate surface area is 163 Å². The van der Waals surface area contributed by atoms with Crippen LogP contribution in [0.15, 0.2) is 52.4 Å². The van der Waals surface area contributed by atoms with Gasteiger partial charge in [0.25, 0.3) is 0 Å². The molecule has 3 rings (SSSR count). The van der Waals surface area contributed by atoms with Crippen LogP contribution in [0.3, 0.4) is 0 Å². The summed E-state index contributed by atoms with van der Waals surface area (Å²) >= 11 is 0. The molecule has 0 amide bonds. The number of aromatic amines is 1. The topological polar surface area (TPSA) is 15.8 Å². The van der Waals surface area contributed by atoms with Crippen molar-refractivity contribution >= 4 is 46.4 Å². The Hall–Kier alpha value is -0.249. The molecule has 2 aromatic rings. The number of hydrogen-bond acceptors (Lipinski definition) is 0. The van der Waals surface area contributed by atoms with E-state index in [4.69, 9.17) is 0 Å². The van der Waals surface area contributed by atoms with E-state index in [-0.39, 0.29) is 24.8 Å². The SMILES string of the molecule is C[SiH](C)[Ti]([CH3])([CH3])([CH3])([CH3])([CH3])([CH3])([C]1=CC=CC1)[c]1cc2ccccc2[nH]1.Cl.Cl. The molecule has 1 N–H and O–H groups in total. The fraction of sp³-hybridized carbons (Fsp3) is 0.429. The summed E-state index contributed by atoms with van der Waals surface area (Å²) in [5.74, 6) is 0. The zero-order valence-corrected chi connectivity index (χ0v) is 22.1. The molecule has 0 saturated carbocycles. The molecular weight excluding hydrogens is 413 g/mol. The molecule has 0 saturated heterocycles. The van der Waals surface area contributed by atoms with E-state index >= 15 is 0 Å². The van der Waals surface area contributed by atoms with E-state index in [0.717, 1.165) is 6.42 Å². The van der Waals surface area contributed by atoms with E-state index in [1.807, 2.05) is 0 Å². The van der Waals surface area contributed by atoms with Gasteiger partial charge in [0, 0.05) is 0 Å². The molecular formula is C21H38Cl2NSiTi. The average Bonchev–Trinajstić information content (AvgIpc) is 3.08. The standard InChI is InChI=1S/C8H6N.C5H5.C2H7Si.6CH3.2ClH.Ti/c1-2-4-8-7(3-1)5-6-9-8;1-2-4-5-3-1;1-3-2;;;;;;;;;/h1-5,9H;1-3H,4H2;3H,1-2H3;6*1H3;2*1H;. The second-order valence-electron chi connectivity index (χ2n) is 17.4. The van der Waals surface area contributed by atoms with Gasteiger partial charge in [-0.2, -0.15) is 0 Å². The molecule has 1 aliphatic rings. The second kappa shape index (κ2) is 3.78. The van der Waals surface area contributed by atoms with Gasteiger partial charge in [-0.25, -0.2) is 0 Å². The summed E-state index contributed by atoms with van der Waals surface area (Å²) in [4.78, 5) is 3.93. The Bertz CT molecular complexity index is 1000. The Morgan fingerprint density at radius 2 is 1.50 bits per heavy atom. The van der Waals surface area contributed by atoms with Gasteiger partial charge in [0.15, 0.2) is 0 Å². The van der Waals surface area contributed by atoms with Gasteiger partial charge < -0.3 is 0 Å². The fourth-order valence-electron chi connectivity index (χ4n) is 4.64. The van der Waals surface area contributed by atoms with Crippen molar-refractivity contribution in [1.29, 1.82) is 0 Å². The quantitative estimate of drug-likeness (QED) is 0.463. The van der Waals surface area contributed by atoms with Crippen molar-refractivity contribution in [3.63, 3.8) is 0 Å². The van der Waals surface area contributed by atoms with Crippen LogP contribution in [-0.2, 0) is 9.43 Å². The molecule has 1 aromatic heterocycles. The fourth-order valence-corrected chi connectivity index (χ4v) is 22.3. The number of hydrogen-bond donors (Lipinski definition) is 1. The second-order valence-corrected chi connectivity index (χ2v) is 83.1. The zero-order valence-electron chi connectivity index (χ0n) is 17.7. The van der Waals surface area contributed by atoms with Crippen LogP contribution in [0.1, 0.15) is 6.42 Å². The summed E-state index contributed by atoms with van der Waals surface area (Å²) in [6.45, 7) is 3.83. The molecule has 1 aliphatic carbocycles. The molecule has 1 aromatic carbocycles. The Morgan fingerprint density at radius 1 is 0.923 bits per heavy atom. The van der Waals surface area contributed by atoms with Crippen molar-refractivity contribution < 1.29 is 9.43 Å². The van der Waals surface area contributed by atoms with Gasteiger partial charge in [-0.05, 0) is 0 Å². The van der Waals surface area contributed by atoms with Crippen molar-refractivity contribution in [1.82, 2.24) is 4.98 Å². The molecule has 1 heterocycles. The molecule has 0 fully saturated rings. The van der Waals surface area contributed by atoms with E-state index < -0.39 is 16.1 Å². The molecule has 26 heavy (non-hydrogen) atoms. The maximum atomic E-state index is 3.93. The smallest absolute Gasteiger partial charge is 0.147 e. The van der Waals surface area contributed by atoms with Gasteiger partial charge in [0.2, 0.25) is 0 Å². The number of rotatable bonds is 3. The van der Waals surface area contributed by atoms with Crippen LogP contribution >= 0.6 is 24.8 Å². The average molecular weight is 451 g/mol. The summed E-state index contributed by atoms with van der Waals surface area (Å²) in [6, 6.07) is 11.2. The van der Waals surface area contributed by atoms with Gasteiger partial charge >= 0.3 is 139 Å². The summed E-state index contributed by atoms with van der Waals surface area (Å²) in [7, 11) is -5.13. The van der Waals surface area contributed by atoms with Crippen molar-refractivity contribution in [2.45, 2.75) is 50.9 Å². The number of allylic oxidation sites excluding steroid dienone is 4. The molecule has 149 valence electrons. The van der Waals surface area contributed by atoms with Crippen molar-refractivity contribution in [3.8, 4) is 0 Å². The molecule has 0 radical (unpaired) electrons. The maximum absolute atomic E-state index is 5.13. The summed E-state index contributed by atoms with van der Waals surface area (Å²) in [5.41, 5.74) is 1.25. The number of H-pyrrole nitrogens is 1. The van der Waals surface area contributed by atoms with Crippen LogP contribution in [0, 0.1) is 0 Å². The van der Waals surface area contributed by atoms with Gasteiger partial charge in [0.05, 0.1) is 0 Å². The van der Waals surface area contributed by atoms with E-state index in [1.165, 1.54) is 14.9 Å². The predicted molar refractivity (Wildman–Crippen MR) is 128 cm³/mol. The van der Waals surface area contributed by atoms with Gasteiger partial charge in [-0.3, -0.25) is 0 Å². The molecule has 0 bridgehead atoms. The summed E-state index contributed by atoms with van der Waals surface area (Å²) < 4.78 is 3.11. The number of aromatic nitrogens is 1. The van der Waals surface area contributed by atoms with E-state index in [9.17, 15) is 0 Å². The molecule has 0 spiro atoms. The maximum Gasteiger partial charge on any atom is -0.147 e. The first-order valence-electron chi connectivity index (χ1n) is 9.57. The molecule has 0 unspecified atom stereocenters. The van der Waals surface area contributed by atoms with Crippen LogP contribution in [0.4, 0.5) is 0 Å². The monoisotopic (exact) mass is 450 g/mol. The third-order valence-electron chi connectivity index (χ3n) is 10.5. The van der Waals surface area contributed by atoms with Crippen molar-refractivity contribution in [2.24, 2.45) is 0 Å². The Kier molecular flexibility index (Phi) is 3.46. The number of halogens is 2. The van der Waals surface area contributed by atoms with E-state index in [0.29, 0.717) is 0 Å². The minimum atomic E-state index is -5.13. The minimum absolute atomic E-state index is 0. The summed E-state index contributed by atoms with van der Waals surface area (Å²) in [5, 5.41) is 17.4. The first-order valence-corrected chi connectivity index (χ1v) is 26.1. The Morgan fingerprint density at radius 3 is 1.96 bits per heavy atom. The summed E-state index contributed by atoms with van der Waals surface area (Å²) in [6.07, 6.45) is 8.10. The number of fused-ring (bicyclic) bond motifs is 1. The molecule has 5 heteroatoms. The largest absolute Gasteiger partial charge is 0.147 e. The van der Waals surface area contributed by atoms with Crippen LogP contribution < -0.4 is 4.00 Å². The third kappa shape index (κ3) is 2.26. The van der Waals surface area contributed by atoms with Crippen LogP contribution in [-0.4, -0.2) is 11.6 Å². The van der Waals surface area contributed by atoms with Crippen LogP contribution in [0.5, 0.6) is 0 Å². The predicted octanol–water partition coefficient (Wildman–Crippen LogP) is 7.59. The van der Waals surface area contributed by atoms with Gasteiger partial charge in [0.1, 0.15) is 0 Å². The number of nitrogens with one attached hydrogen (secondary N) is 1. The van der Waals surface area contributed by atoms with E-state index in [1.54, 1.807) is 3.88 Å². The van der Waals surface area contributed by atoms with Gasteiger partial charge in [-0.1, -0.05) is 0 Å². The molecule has 0 aliphatic heterocycles. The van der Waals surface area contributed by atoms with Crippen LogP contribution in [0.25, 0.3) is 10.9 Å². The normalized spacial score (nSPS) is 22.5. The zero-order chi connectivity index (χ0) is 18.3. The van der Waals surface area contributed by atoms with Crippen LogP contribution in [0.2, 0.25) is 44.5 Å². The minimum Gasteiger partial charge on any atom is -0.147 e. The first kappa shape index (κ1) is 23.8. The molecule has 1 nitrogen and oxygen atoms in total.